The Balaban J connectivity index is 2.82. The van der Waals surface area contributed by atoms with Crippen molar-refractivity contribution in [1.82, 2.24) is 4.98 Å². The molecule has 0 fully saturated rings. The summed E-state index contributed by atoms with van der Waals surface area (Å²) in [6.07, 6.45) is 0. The van der Waals surface area contributed by atoms with Crippen LogP contribution in [0.25, 0.3) is 10.8 Å². The zero-order valence-electron chi connectivity index (χ0n) is 9.31. The van der Waals surface area contributed by atoms with Crippen LogP contribution in [0.15, 0.2) is 28.9 Å². The summed E-state index contributed by atoms with van der Waals surface area (Å²) in [5.74, 6) is -0.467. The minimum Gasteiger partial charge on any atom is -0.305 e. The summed E-state index contributed by atoms with van der Waals surface area (Å²) in [6, 6.07) is 6.79. The summed E-state index contributed by atoms with van der Waals surface area (Å²) < 4.78 is 0.451. The molecule has 0 unspecified atom stereocenters. The standard InChI is InChI=1S/C11H8BrN3O3/c1-6(16)13-11-9(15(17)18)7-4-2-3-5-8(7)10(12)14-11/h2-5H,1H3,(H,13,14,16). The first-order chi connectivity index (χ1) is 8.50. The number of aromatic nitrogens is 1. The van der Waals surface area contributed by atoms with Gasteiger partial charge in [0.25, 0.3) is 0 Å². The lowest BCUT2D eigenvalue weighted by Gasteiger charge is -2.07. The number of carbonyl (C=O) groups is 1. The Morgan fingerprint density at radius 2 is 2.00 bits per heavy atom. The lowest BCUT2D eigenvalue weighted by atomic mass is 10.1. The summed E-state index contributed by atoms with van der Waals surface area (Å²) in [7, 11) is 0. The number of nitrogens with one attached hydrogen (secondary N) is 1. The molecule has 1 aromatic carbocycles. The van der Waals surface area contributed by atoms with Crippen LogP contribution in [0.4, 0.5) is 11.5 Å². The molecule has 0 saturated heterocycles. The van der Waals surface area contributed by atoms with E-state index in [1.54, 1.807) is 24.3 Å². The van der Waals surface area contributed by atoms with E-state index in [1.165, 1.54) is 6.92 Å². The van der Waals surface area contributed by atoms with Gasteiger partial charge in [-0.15, -0.1) is 0 Å². The summed E-state index contributed by atoms with van der Waals surface area (Å²) in [5.41, 5.74) is -0.205. The third-order valence-electron chi connectivity index (χ3n) is 2.32. The van der Waals surface area contributed by atoms with Crippen molar-refractivity contribution in [2.75, 3.05) is 5.32 Å². The number of benzene rings is 1. The van der Waals surface area contributed by atoms with Crippen molar-refractivity contribution in [3.63, 3.8) is 0 Å². The number of rotatable bonds is 2. The van der Waals surface area contributed by atoms with E-state index >= 15 is 0 Å². The number of anilines is 1. The van der Waals surface area contributed by atoms with Crippen molar-refractivity contribution in [2.45, 2.75) is 6.92 Å². The van der Waals surface area contributed by atoms with Crippen LogP contribution in [0.3, 0.4) is 0 Å². The third-order valence-corrected chi connectivity index (χ3v) is 2.92. The molecule has 1 aromatic heterocycles. The molecule has 0 aliphatic heterocycles. The highest BCUT2D eigenvalue weighted by Crippen LogP contribution is 2.35. The van der Waals surface area contributed by atoms with E-state index in [9.17, 15) is 14.9 Å². The molecule has 92 valence electrons. The van der Waals surface area contributed by atoms with Crippen LogP contribution in [-0.2, 0) is 4.79 Å². The van der Waals surface area contributed by atoms with E-state index in [-0.39, 0.29) is 11.5 Å². The first-order valence-corrected chi connectivity index (χ1v) is 5.80. The lowest BCUT2D eigenvalue weighted by molar-refractivity contribution is -0.382. The molecule has 1 amide bonds. The molecule has 0 atom stereocenters. The predicted molar refractivity (Wildman–Crippen MR) is 70.4 cm³/mol. The fourth-order valence-electron chi connectivity index (χ4n) is 1.65. The Morgan fingerprint density at radius 3 is 2.56 bits per heavy atom. The van der Waals surface area contributed by atoms with Gasteiger partial charge in [0.2, 0.25) is 11.7 Å². The normalized spacial score (nSPS) is 10.3. The molecule has 1 heterocycles. The molecule has 0 aliphatic carbocycles. The van der Waals surface area contributed by atoms with Gasteiger partial charge in [-0.25, -0.2) is 4.98 Å². The van der Waals surface area contributed by atoms with Crippen molar-refractivity contribution >= 4 is 44.1 Å². The summed E-state index contributed by atoms with van der Waals surface area (Å²) in [5, 5.41) is 14.5. The van der Waals surface area contributed by atoms with Crippen LogP contribution in [-0.4, -0.2) is 15.8 Å². The second-order valence-electron chi connectivity index (χ2n) is 3.58. The highest BCUT2D eigenvalue weighted by atomic mass is 79.9. The van der Waals surface area contributed by atoms with Gasteiger partial charge in [0, 0.05) is 12.3 Å². The van der Waals surface area contributed by atoms with E-state index in [2.05, 4.69) is 26.2 Å². The van der Waals surface area contributed by atoms with Crippen LogP contribution in [0.1, 0.15) is 6.92 Å². The molecule has 0 spiro atoms. The molecule has 1 N–H and O–H groups in total. The maximum absolute atomic E-state index is 11.1. The highest BCUT2D eigenvalue weighted by molar-refractivity contribution is 9.10. The van der Waals surface area contributed by atoms with Gasteiger partial charge in [0.05, 0.1) is 10.3 Å². The monoisotopic (exact) mass is 309 g/mol. The maximum Gasteiger partial charge on any atom is 0.319 e. The minimum atomic E-state index is -0.549. The number of fused-ring (bicyclic) bond motifs is 1. The average molecular weight is 310 g/mol. The van der Waals surface area contributed by atoms with E-state index in [0.717, 1.165) is 0 Å². The topological polar surface area (TPSA) is 85.1 Å². The SMILES string of the molecule is CC(=O)Nc1nc(Br)c2ccccc2c1[N+](=O)[O-]. The Labute approximate surface area is 110 Å². The number of amides is 1. The molecule has 2 rings (SSSR count). The van der Waals surface area contributed by atoms with Crippen molar-refractivity contribution in [2.24, 2.45) is 0 Å². The third kappa shape index (κ3) is 2.17. The fraction of sp³-hybridized carbons (Fsp3) is 0.0909. The van der Waals surface area contributed by atoms with Gasteiger partial charge in [-0.2, -0.15) is 0 Å². The zero-order valence-corrected chi connectivity index (χ0v) is 10.9. The van der Waals surface area contributed by atoms with Gasteiger partial charge < -0.3 is 5.32 Å². The van der Waals surface area contributed by atoms with E-state index < -0.39 is 10.8 Å². The molecule has 0 saturated carbocycles. The average Bonchev–Trinajstić information content (AvgIpc) is 2.27. The molecule has 2 aromatic rings. The number of pyridine rings is 1. The van der Waals surface area contributed by atoms with Crippen molar-refractivity contribution in [3.8, 4) is 0 Å². The second-order valence-corrected chi connectivity index (χ2v) is 4.33. The van der Waals surface area contributed by atoms with E-state index in [4.69, 9.17) is 0 Å². The Bertz CT molecular complexity index is 657. The number of carbonyl (C=O) groups excluding carboxylic acids is 1. The number of hydrogen-bond donors (Lipinski definition) is 1. The minimum absolute atomic E-state index is 0.0573. The smallest absolute Gasteiger partial charge is 0.305 e. The molecular weight excluding hydrogens is 302 g/mol. The quantitative estimate of drug-likeness (QED) is 0.525. The molecule has 6 nitrogen and oxygen atoms in total. The number of hydrogen-bond acceptors (Lipinski definition) is 4. The Kier molecular flexibility index (Phi) is 3.24. The number of nitro groups is 1. The van der Waals surface area contributed by atoms with Crippen LogP contribution in [0.5, 0.6) is 0 Å². The largest absolute Gasteiger partial charge is 0.319 e. The summed E-state index contributed by atoms with van der Waals surface area (Å²) in [6.45, 7) is 1.27. The summed E-state index contributed by atoms with van der Waals surface area (Å²) >= 11 is 3.24. The van der Waals surface area contributed by atoms with Crippen LogP contribution < -0.4 is 5.32 Å². The molecule has 18 heavy (non-hydrogen) atoms. The van der Waals surface area contributed by atoms with Crippen LogP contribution in [0.2, 0.25) is 0 Å². The Morgan fingerprint density at radius 1 is 1.39 bits per heavy atom. The second kappa shape index (κ2) is 4.69. The van der Waals surface area contributed by atoms with Crippen molar-refractivity contribution in [3.05, 3.63) is 39.0 Å². The molecule has 0 bridgehead atoms. The first kappa shape index (κ1) is 12.4. The van der Waals surface area contributed by atoms with Crippen LogP contribution >= 0.6 is 15.9 Å². The van der Waals surface area contributed by atoms with E-state index in [1.807, 2.05) is 0 Å². The van der Waals surface area contributed by atoms with Gasteiger partial charge in [-0.05, 0) is 22.0 Å². The first-order valence-electron chi connectivity index (χ1n) is 5.01. The van der Waals surface area contributed by atoms with Crippen LogP contribution in [0, 0.1) is 10.1 Å². The van der Waals surface area contributed by atoms with Crippen molar-refractivity contribution < 1.29 is 9.72 Å². The maximum atomic E-state index is 11.1. The van der Waals surface area contributed by atoms with Gasteiger partial charge in [0.15, 0.2) is 0 Å². The zero-order chi connectivity index (χ0) is 13.3. The molecule has 0 radical (unpaired) electrons. The van der Waals surface area contributed by atoms with Gasteiger partial charge in [-0.3, -0.25) is 14.9 Å². The molecule has 0 aliphatic rings. The van der Waals surface area contributed by atoms with Gasteiger partial charge in [-0.1, -0.05) is 18.2 Å². The predicted octanol–water partition coefficient (Wildman–Crippen LogP) is 2.86. The van der Waals surface area contributed by atoms with Gasteiger partial charge in [0.1, 0.15) is 4.60 Å². The lowest BCUT2D eigenvalue weighted by Crippen LogP contribution is -2.10. The summed E-state index contributed by atoms with van der Waals surface area (Å²) in [4.78, 5) is 25.6. The van der Waals surface area contributed by atoms with Gasteiger partial charge >= 0.3 is 5.69 Å². The Hall–Kier alpha value is -2.02. The highest BCUT2D eigenvalue weighted by Gasteiger charge is 2.22. The van der Waals surface area contributed by atoms with E-state index in [0.29, 0.717) is 15.4 Å². The molecular formula is C11H8BrN3O3. The van der Waals surface area contributed by atoms with Crippen molar-refractivity contribution in [1.29, 1.82) is 0 Å². The molecule has 7 heteroatoms. The number of nitrogens with zero attached hydrogens (tertiary/aromatic N) is 2. The number of halogens is 1. The fourth-order valence-corrected chi connectivity index (χ4v) is 2.17.